The molecule has 0 saturated carbocycles. The molecule has 84 valence electrons. The number of rotatable bonds is 8. The Labute approximate surface area is 87.7 Å². The molecule has 0 aromatic heterocycles. The molecule has 1 N–H and O–H groups in total. The van der Waals surface area contributed by atoms with Gasteiger partial charge in [0.05, 0.1) is 19.8 Å². The van der Waals surface area contributed by atoms with E-state index in [-0.39, 0.29) is 5.41 Å². The molecule has 0 spiro atoms. The molecule has 1 saturated heterocycles. The molecular weight excluding hydrogens is 176 g/mol. The average Bonchev–Trinajstić information content (AvgIpc) is 2.15. The molecule has 0 radical (unpaired) electrons. The highest BCUT2D eigenvalue weighted by atomic mass is 16.5. The van der Waals surface area contributed by atoms with Crippen LogP contribution >= 0.6 is 0 Å². The minimum Gasteiger partial charge on any atom is -0.396 e. The molecule has 1 aliphatic rings. The molecule has 14 heavy (non-hydrogen) atoms. The van der Waals surface area contributed by atoms with Gasteiger partial charge in [0.1, 0.15) is 0 Å². The lowest BCUT2D eigenvalue weighted by molar-refractivity contribution is -0.141. The first kappa shape index (κ1) is 12.0. The SMILES string of the molecule is CCCCCCCCC1(CO)COC1. The second-order valence-corrected chi connectivity index (χ2v) is 4.67. The van der Waals surface area contributed by atoms with E-state index in [4.69, 9.17) is 4.74 Å². The van der Waals surface area contributed by atoms with Gasteiger partial charge in [0.25, 0.3) is 0 Å². The van der Waals surface area contributed by atoms with E-state index in [1.54, 1.807) is 0 Å². The van der Waals surface area contributed by atoms with Crippen molar-refractivity contribution in [2.24, 2.45) is 5.41 Å². The highest BCUT2D eigenvalue weighted by Gasteiger charge is 2.36. The monoisotopic (exact) mass is 200 g/mol. The largest absolute Gasteiger partial charge is 0.396 e. The molecule has 2 heteroatoms. The van der Waals surface area contributed by atoms with Gasteiger partial charge in [-0.1, -0.05) is 45.4 Å². The van der Waals surface area contributed by atoms with Gasteiger partial charge in [0.2, 0.25) is 0 Å². The van der Waals surface area contributed by atoms with Gasteiger partial charge in [0, 0.05) is 5.41 Å². The first-order valence-electron chi connectivity index (χ1n) is 6.01. The van der Waals surface area contributed by atoms with Crippen molar-refractivity contribution in [1.82, 2.24) is 0 Å². The molecule has 1 heterocycles. The van der Waals surface area contributed by atoms with Crippen LogP contribution in [0, 0.1) is 5.41 Å². The highest BCUT2D eigenvalue weighted by Crippen LogP contribution is 2.32. The zero-order chi connectivity index (χ0) is 10.3. The standard InChI is InChI=1S/C12H24O2/c1-2-3-4-5-6-7-8-12(9-13)10-14-11-12/h13H,2-11H2,1H3. The molecule has 0 aromatic carbocycles. The fourth-order valence-electron chi connectivity index (χ4n) is 1.99. The Kier molecular flexibility index (Phi) is 5.49. The van der Waals surface area contributed by atoms with Crippen LogP contribution in [-0.4, -0.2) is 24.9 Å². The average molecular weight is 200 g/mol. The molecule has 0 aromatic rings. The van der Waals surface area contributed by atoms with E-state index in [0.717, 1.165) is 19.6 Å². The van der Waals surface area contributed by atoms with Gasteiger partial charge >= 0.3 is 0 Å². The lowest BCUT2D eigenvalue weighted by Crippen LogP contribution is -2.45. The van der Waals surface area contributed by atoms with Crippen molar-refractivity contribution in [3.8, 4) is 0 Å². The third-order valence-electron chi connectivity index (χ3n) is 3.21. The maximum absolute atomic E-state index is 9.20. The molecule has 0 bridgehead atoms. The van der Waals surface area contributed by atoms with Crippen LogP contribution in [0.5, 0.6) is 0 Å². The van der Waals surface area contributed by atoms with E-state index >= 15 is 0 Å². The molecule has 1 rings (SSSR count). The summed E-state index contributed by atoms with van der Waals surface area (Å²) in [5.74, 6) is 0. The van der Waals surface area contributed by atoms with E-state index in [0.29, 0.717) is 6.61 Å². The van der Waals surface area contributed by atoms with Gasteiger partial charge in [-0.25, -0.2) is 0 Å². The summed E-state index contributed by atoms with van der Waals surface area (Å²) in [6.45, 7) is 4.10. The Bertz CT molecular complexity index is 136. The third kappa shape index (κ3) is 3.58. The number of unbranched alkanes of at least 4 members (excludes halogenated alkanes) is 5. The minimum absolute atomic E-state index is 0.144. The zero-order valence-electron chi connectivity index (χ0n) is 9.43. The summed E-state index contributed by atoms with van der Waals surface area (Å²) >= 11 is 0. The predicted octanol–water partition coefficient (Wildman–Crippen LogP) is 2.75. The van der Waals surface area contributed by atoms with Crippen LogP contribution in [0.2, 0.25) is 0 Å². The smallest absolute Gasteiger partial charge is 0.0566 e. The maximum atomic E-state index is 9.20. The zero-order valence-corrected chi connectivity index (χ0v) is 9.43. The fourth-order valence-corrected chi connectivity index (χ4v) is 1.99. The Morgan fingerprint density at radius 3 is 2.21 bits per heavy atom. The van der Waals surface area contributed by atoms with Gasteiger partial charge in [0.15, 0.2) is 0 Å². The Hall–Kier alpha value is -0.0800. The van der Waals surface area contributed by atoms with Gasteiger partial charge in [-0.05, 0) is 6.42 Å². The predicted molar refractivity (Wildman–Crippen MR) is 58.3 cm³/mol. The van der Waals surface area contributed by atoms with Gasteiger partial charge < -0.3 is 9.84 Å². The summed E-state index contributed by atoms with van der Waals surface area (Å²) in [7, 11) is 0. The van der Waals surface area contributed by atoms with Crippen LogP contribution in [0.3, 0.4) is 0 Å². The van der Waals surface area contributed by atoms with E-state index in [1.807, 2.05) is 0 Å². The summed E-state index contributed by atoms with van der Waals surface area (Å²) in [6, 6.07) is 0. The van der Waals surface area contributed by atoms with E-state index in [9.17, 15) is 5.11 Å². The van der Waals surface area contributed by atoms with Crippen LogP contribution in [0.25, 0.3) is 0 Å². The first-order chi connectivity index (χ1) is 6.83. The molecule has 1 aliphatic heterocycles. The van der Waals surface area contributed by atoms with Crippen LogP contribution < -0.4 is 0 Å². The van der Waals surface area contributed by atoms with Crippen LogP contribution in [0.1, 0.15) is 51.9 Å². The third-order valence-corrected chi connectivity index (χ3v) is 3.21. The Balaban J connectivity index is 1.92. The number of ether oxygens (including phenoxy) is 1. The fraction of sp³-hybridized carbons (Fsp3) is 1.00. The van der Waals surface area contributed by atoms with E-state index in [2.05, 4.69) is 6.92 Å². The normalized spacial score (nSPS) is 19.3. The molecule has 1 fully saturated rings. The number of hydrogen-bond donors (Lipinski definition) is 1. The van der Waals surface area contributed by atoms with Crippen LogP contribution in [0.15, 0.2) is 0 Å². The summed E-state index contributed by atoms with van der Waals surface area (Å²) in [4.78, 5) is 0. The molecular formula is C12H24O2. The molecule has 0 aliphatic carbocycles. The topological polar surface area (TPSA) is 29.5 Å². The summed E-state index contributed by atoms with van der Waals surface area (Å²) < 4.78 is 5.16. The molecule has 0 unspecified atom stereocenters. The van der Waals surface area contributed by atoms with Crippen molar-refractivity contribution in [1.29, 1.82) is 0 Å². The van der Waals surface area contributed by atoms with Crippen molar-refractivity contribution >= 4 is 0 Å². The molecule has 2 nitrogen and oxygen atoms in total. The highest BCUT2D eigenvalue weighted by molar-refractivity contribution is 4.84. The second kappa shape index (κ2) is 6.41. The Morgan fingerprint density at radius 2 is 1.71 bits per heavy atom. The van der Waals surface area contributed by atoms with Crippen molar-refractivity contribution in [3.05, 3.63) is 0 Å². The van der Waals surface area contributed by atoms with Gasteiger partial charge in [-0.15, -0.1) is 0 Å². The summed E-state index contributed by atoms with van der Waals surface area (Å²) in [5.41, 5.74) is 0.144. The summed E-state index contributed by atoms with van der Waals surface area (Å²) in [6.07, 6.45) is 9.14. The Morgan fingerprint density at radius 1 is 1.07 bits per heavy atom. The van der Waals surface area contributed by atoms with Crippen LogP contribution in [0.4, 0.5) is 0 Å². The number of hydrogen-bond acceptors (Lipinski definition) is 2. The molecule has 0 atom stereocenters. The van der Waals surface area contributed by atoms with Gasteiger partial charge in [-0.2, -0.15) is 0 Å². The van der Waals surface area contributed by atoms with Gasteiger partial charge in [-0.3, -0.25) is 0 Å². The van der Waals surface area contributed by atoms with E-state index in [1.165, 1.54) is 38.5 Å². The lowest BCUT2D eigenvalue weighted by Gasteiger charge is -2.40. The van der Waals surface area contributed by atoms with Crippen molar-refractivity contribution < 1.29 is 9.84 Å². The maximum Gasteiger partial charge on any atom is 0.0566 e. The number of aliphatic hydroxyl groups is 1. The van der Waals surface area contributed by atoms with E-state index < -0.39 is 0 Å². The first-order valence-corrected chi connectivity index (χ1v) is 6.01. The second-order valence-electron chi connectivity index (χ2n) is 4.67. The van der Waals surface area contributed by atoms with Crippen molar-refractivity contribution in [2.75, 3.05) is 19.8 Å². The van der Waals surface area contributed by atoms with Crippen LogP contribution in [-0.2, 0) is 4.74 Å². The quantitative estimate of drug-likeness (QED) is 0.610. The van der Waals surface area contributed by atoms with Crippen molar-refractivity contribution in [2.45, 2.75) is 51.9 Å². The molecule has 0 amide bonds. The minimum atomic E-state index is 0.144. The summed E-state index contributed by atoms with van der Waals surface area (Å²) in [5, 5.41) is 9.20. The lowest BCUT2D eigenvalue weighted by atomic mass is 9.81. The van der Waals surface area contributed by atoms with Crippen molar-refractivity contribution in [3.63, 3.8) is 0 Å². The number of aliphatic hydroxyl groups excluding tert-OH is 1.